The molecule has 0 aliphatic carbocycles. The summed E-state index contributed by atoms with van der Waals surface area (Å²) in [5, 5.41) is 0. The first-order valence-corrected chi connectivity index (χ1v) is 4.97. The lowest BCUT2D eigenvalue weighted by Gasteiger charge is -2.22. The Labute approximate surface area is 80.9 Å². The van der Waals surface area contributed by atoms with E-state index in [0.29, 0.717) is 0 Å². The van der Waals surface area contributed by atoms with Crippen molar-refractivity contribution >= 4 is 0 Å². The number of rotatable bonds is 3. The van der Waals surface area contributed by atoms with E-state index in [4.69, 9.17) is 9.47 Å². The summed E-state index contributed by atoms with van der Waals surface area (Å²) in [6, 6.07) is 0. The average Bonchev–Trinajstić information content (AvgIpc) is 2.30. The fourth-order valence-electron chi connectivity index (χ4n) is 1.54. The van der Waals surface area contributed by atoms with E-state index < -0.39 is 0 Å². The zero-order valence-electron chi connectivity index (χ0n) is 9.09. The summed E-state index contributed by atoms with van der Waals surface area (Å²) in [5.41, 5.74) is 1.36. The van der Waals surface area contributed by atoms with Crippen LogP contribution in [-0.2, 0) is 9.47 Å². The largest absolute Gasteiger partial charge is 0.348 e. The smallest absolute Gasteiger partial charge is 0.166 e. The standard InChI is InChI=1S/C11H20O2/c1-9(2)6-5-7-11(4)12-8-10(3)13-11/h6,10H,5,7-8H2,1-4H3/t10-,11-/m0/s1. The predicted octanol–water partition coefficient (Wildman–Crippen LogP) is 2.88. The predicted molar refractivity (Wildman–Crippen MR) is 53.6 cm³/mol. The van der Waals surface area contributed by atoms with E-state index >= 15 is 0 Å². The van der Waals surface area contributed by atoms with Gasteiger partial charge in [0, 0.05) is 6.42 Å². The Balaban J connectivity index is 2.32. The summed E-state index contributed by atoms with van der Waals surface area (Å²) in [5.74, 6) is -0.342. The number of ether oxygens (including phenoxy) is 2. The third-order valence-corrected chi connectivity index (χ3v) is 2.22. The normalized spacial score (nSPS) is 33.4. The molecule has 2 heteroatoms. The zero-order valence-corrected chi connectivity index (χ0v) is 9.09. The summed E-state index contributed by atoms with van der Waals surface area (Å²) in [6.07, 6.45) is 4.45. The summed E-state index contributed by atoms with van der Waals surface area (Å²) < 4.78 is 11.3. The SMILES string of the molecule is CC(C)=CCC[C@@]1(C)OC[C@H](C)O1. The van der Waals surface area contributed by atoms with E-state index in [-0.39, 0.29) is 11.9 Å². The molecule has 0 aromatic rings. The highest BCUT2D eigenvalue weighted by Gasteiger charge is 2.33. The van der Waals surface area contributed by atoms with Crippen LogP contribution in [0, 0.1) is 0 Å². The molecular formula is C11H20O2. The molecule has 76 valence electrons. The molecule has 1 rings (SSSR count). The Morgan fingerprint density at radius 3 is 2.69 bits per heavy atom. The molecule has 2 nitrogen and oxygen atoms in total. The molecule has 0 amide bonds. The van der Waals surface area contributed by atoms with Gasteiger partial charge in [0.1, 0.15) is 0 Å². The van der Waals surface area contributed by atoms with E-state index in [1.165, 1.54) is 5.57 Å². The monoisotopic (exact) mass is 184 g/mol. The van der Waals surface area contributed by atoms with Gasteiger partial charge in [-0.05, 0) is 34.1 Å². The maximum absolute atomic E-state index is 5.68. The Morgan fingerprint density at radius 1 is 1.54 bits per heavy atom. The zero-order chi connectivity index (χ0) is 9.90. The van der Waals surface area contributed by atoms with Gasteiger partial charge in [-0.2, -0.15) is 0 Å². The van der Waals surface area contributed by atoms with Crippen LogP contribution in [0.1, 0.15) is 40.5 Å². The van der Waals surface area contributed by atoms with Gasteiger partial charge in [-0.1, -0.05) is 11.6 Å². The van der Waals surface area contributed by atoms with Crippen LogP contribution >= 0.6 is 0 Å². The molecule has 1 aliphatic heterocycles. The summed E-state index contributed by atoms with van der Waals surface area (Å²) in [7, 11) is 0. The fourth-order valence-corrected chi connectivity index (χ4v) is 1.54. The highest BCUT2D eigenvalue weighted by Crippen LogP contribution is 2.27. The summed E-state index contributed by atoms with van der Waals surface area (Å²) in [6.45, 7) is 9.02. The molecular weight excluding hydrogens is 164 g/mol. The lowest BCUT2D eigenvalue weighted by molar-refractivity contribution is -0.155. The molecule has 1 fully saturated rings. The van der Waals surface area contributed by atoms with Crippen LogP contribution < -0.4 is 0 Å². The van der Waals surface area contributed by atoms with Gasteiger partial charge in [-0.15, -0.1) is 0 Å². The molecule has 0 spiro atoms. The van der Waals surface area contributed by atoms with Crippen molar-refractivity contribution in [3.8, 4) is 0 Å². The van der Waals surface area contributed by atoms with Crippen molar-refractivity contribution in [1.29, 1.82) is 0 Å². The molecule has 0 aromatic carbocycles. The summed E-state index contributed by atoms with van der Waals surface area (Å²) in [4.78, 5) is 0. The van der Waals surface area contributed by atoms with Gasteiger partial charge in [0.25, 0.3) is 0 Å². The quantitative estimate of drug-likeness (QED) is 0.628. The molecule has 1 saturated heterocycles. The molecule has 0 unspecified atom stereocenters. The molecule has 0 saturated carbocycles. The molecule has 1 heterocycles. The summed E-state index contributed by atoms with van der Waals surface area (Å²) >= 11 is 0. The number of hydrogen-bond donors (Lipinski definition) is 0. The second-order valence-electron chi connectivity index (χ2n) is 4.19. The Bertz CT molecular complexity index is 194. The molecule has 0 N–H and O–H groups in total. The first kappa shape index (κ1) is 10.7. The minimum atomic E-state index is -0.342. The van der Waals surface area contributed by atoms with Gasteiger partial charge in [-0.25, -0.2) is 0 Å². The van der Waals surface area contributed by atoms with Gasteiger partial charge < -0.3 is 9.47 Å². The Kier molecular flexibility index (Phi) is 3.51. The van der Waals surface area contributed by atoms with E-state index in [1.54, 1.807) is 0 Å². The molecule has 2 atom stereocenters. The first-order valence-electron chi connectivity index (χ1n) is 4.97. The molecule has 0 radical (unpaired) electrons. The second kappa shape index (κ2) is 4.25. The molecule has 0 bridgehead atoms. The van der Waals surface area contributed by atoms with Crippen LogP contribution in [0.25, 0.3) is 0 Å². The van der Waals surface area contributed by atoms with Crippen molar-refractivity contribution in [3.05, 3.63) is 11.6 Å². The van der Waals surface area contributed by atoms with Crippen molar-refractivity contribution in [1.82, 2.24) is 0 Å². The molecule has 0 aromatic heterocycles. The number of hydrogen-bond acceptors (Lipinski definition) is 2. The lowest BCUT2D eigenvalue weighted by Crippen LogP contribution is -2.25. The van der Waals surface area contributed by atoms with Crippen LogP contribution in [0.2, 0.25) is 0 Å². The number of allylic oxidation sites excluding steroid dienone is 2. The van der Waals surface area contributed by atoms with Crippen molar-refractivity contribution in [2.75, 3.05) is 6.61 Å². The van der Waals surface area contributed by atoms with Crippen LogP contribution in [0.15, 0.2) is 11.6 Å². The third kappa shape index (κ3) is 3.49. The average molecular weight is 184 g/mol. The highest BCUT2D eigenvalue weighted by atomic mass is 16.7. The topological polar surface area (TPSA) is 18.5 Å². The van der Waals surface area contributed by atoms with Crippen LogP contribution in [0.4, 0.5) is 0 Å². The lowest BCUT2D eigenvalue weighted by atomic mass is 10.1. The third-order valence-electron chi connectivity index (χ3n) is 2.22. The van der Waals surface area contributed by atoms with Crippen molar-refractivity contribution < 1.29 is 9.47 Å². The van der Waals surface area contributed by atoms with E-state index in [9.17, 15) is 0 Å². The van der Waals surface area contributed by atoms with Crippen LogP contribution in [0.5, 0.6) is 0 Å². The van der Waals surface area contributed by atoms with Gasteiger partial charge in [0.15, 0.2) is 5.79 Å². The van der Waals surface area contributed by atoms with Gasteiger partial charge >= 0.3 is 0 Å². The highest BCUT2D eigenvalue weighted by molar-refractivity contribution is 4.93. The van der Waals surface area contributed by atoms with E-state index in [0.717, 1.165) is 19.4 Å². The van der Waals surface area contributed by atoms with E-state index in [2.05, 4.69) is 19.9 Å². The fraction of sp³-hybridized carbons (Fsp3) is 0.818. The Morgan fingerprint density at radius 2 is 2.23 bits per heavy atom. The van der Waals surface area contributed by atoms with Crippen molar-refractivity contribution in [2.24, 2.45) is 0 Å². The first-order chi connectivity index (χ1) is 6.02. The van der Waals surface area contributed by atoms with Crippen LogP contribution in [0.3, 0.4) is 0 Å². The minimum Gasteiger partial charge on any atom is -0.348 e. The van der Waals surface area contributed by atoms with Crippen LogP contribution in [-0.4, -0.2) is 18.5 Å². The van der Waals surface area contributed by atoms with Gasteiger partial charge in [-0.3, -0.25) is 0 Å². The molecule has 1 aliphatic rings. The molecule has 13 heavy (non-hydrogen) atoms. The van der Waals surface area contributed by atoms with Crippen molar-refractivity contribution in [3.63, 3.8) is 0 Å². The van der Waals surface area contributed by atoms with Gasteiger partial charge in [0.2, 0.25) is 0 Å². The Hall–Kier alpha value is -0.340. The van der Waals surface area contributed by atoms with E-state index in [1.807, 2.05) is 13.8 Å². The maximum Gasteiger partial charge on any atom is 0.166 e. The van der Waals surface area contributed by atoms with Crippen molar-refractivity contribution in [2.45, 2.75) is 52.4 Å². The van der Waals surface area contributed by atoms with Gasteiger partial charge in [0.05, 0.1) is 12.7 Å². The maximum atomic E-state index is 5.68. The minimum absolute atomic E-state index is 0.247. The second-order valence-corrected chi connectivity index (χ2v) is 4.19.